The number of dihydropyridines is 1. The Bertz CT molecular complexity index is 1050. The first-order valence-corrected chi connectivity index (χ1v) is 10.7. The normalized spacial score (nSPS) is 27.5. The zero-order chi connectivity index (χ0) is 21.6. The molecule has 1 N–H and O–H groups in total. The first-order chi connectivity index (χ1) is 15.0. The number of hydrogen-bond donors (Lipinski definition) is 1. The summed E-state index contributed by atoms with van der Waals surface area (Å²) in [6.07, 6.45) is 7.98. The summed E-state index contributed by atoms with van der Waals surface area (Å²) in [6, 6.07) is 3.43. The maximum absolute atomic E-state index is 13.3. The Labute approximate surface area is 189 Å². The maximum Gasteiger partial charge on any atom is 0.296 e. The van der Waals surface area contributed by atoms with Gasteiger partial charge in [-0.05, 0) is 30.9 Å². The van der Waals surface area contributed by atoms with Gasteiger partial charge < -0.3 is 24.4 Å². The van der Waals surface area contributed by atoms with Gasteiger partial charge in [-0.15, -0.1) is 0 Å². The number of aromatic nitrogens is 1. The zero-order valence-corrected chi connectivity index (χ0v) is 18.2. The monoisotopic (exact) mass is 462 g/mol. The number of nitrogens with zero attached hydrogens (tertiary/aromatic N) is 3. The van der Waals surface area contributed by atoms with Crippen LogP contribution < -0.4 is 15.0 Å². The third kappa shape index (κ3) is 3.96. The van der Waals surface area contributed by atoms with E-state index in [1.54, 1.807) is 41.6 Å². The third-order valence-corrected chi connectivity index (χ3v) is 6.29. The van der Waals surface area contributed by atoms with Crippen LogP contribution in [0.5, 0.6) is 5.75 Å². The predicted octanol–water partition coefficient (Wildman–Crippen LogP) is 3.05. The zero-order valence-electron chi connectivity index (χ0n) is 16.7. The molecule has 1 saturated carbocycles. The van der Waals surface area contributed by atoms with E-state index in [1.165, 1.54) is 7.11 Å². The van der Waals surface area contributed by atoms with Crippen LogP contribution in [0.3, 0.4) is 0 Å². The second-order valence-corrected chi connectivity index (χ2v) is 8.76. The van der Waals surface area contributed by atoms with Gasteiger partial charge in [0.1, 0.15) is 35.0 Å². The summed E-state index contributed by atoms with van der Waals surface area (Å²) in [4.78, 5) is 23.5. The number of carbonyl (C=O) groups excluding carboxylic acids is 1. The number of amides is 1. The molecule has 1 aromatic heterocycles. The Balaban J connectivity index is 1.65. The van der Waals surface area contributed by atoms with Crippen molar-refractivity contribution in [3.8, 4) is 5.75 Å². The number of fused-ring (bicyclic) bond motifs is 5. The molecule has 0 radical (unpaired) electrons. The van der Waals surface area contributed by atoms with Crippen molar-refractivity contribution >= 4 is 40.8 Å². The lowest BCUT2D eigenvalue weighted by molar-refractivity contribution is -0.115. The van der Waals surface area contributed by atoms with Crippen LogP contribution in [-0.2, 0) is 14.3 Å². The molecule has 1 fully saturated rings. The van der Waals surface area contributed by atoms with Gasteiger partial charge in [0.15, 0.2) is 5.06 Å². The Morgan fingerprint density at radius 2 is 2.26 bits per heavy atom. The lowest BCUT2D eigenvalue weighted by Gasteiger charge is -2.43. The van der Waals surface area contributed by atoms with Gasteiger partial charge in [0.05, 0.1) is 18.2 Å². The van der Waals surface area contributed by atoms with Gasteiger partial charge in [0.25, 0.3) is 5.91 Å². The smallest absolute Gasteiger partial charge is 0.296 e. The van der Waals surface area contributed by atoms with Gasteiger partial charge in [-0.1, -0.05) is 23.2 Å². The standard InChI is InChI=1S/C21H20Cl2N4O4/c1-29-21(23)11-27-16-9-14(5-7-25-16)31-13-4-6-24-15(8-13)26-20(28)18(27)17(22)19(21)30-10-12-2-3-12/h4-9,12,19H,2-3,10-11H2,1H3,(H,24,26,28). The fourth-order valence-corrected chi connectivity index (χ4v) is 4.36. The molecule has 3 aliphatic heterocycles. The van der Waals surface area contributed by atoms with Crippen LogP contribution in [0.15, 0.2) is 58.2 Å². The molecule has 0 aromatic carbocycles. The summed E-state index contributed by atoms with van der Waals surface area (Å²) in [5.74, 6) is 1.74. The van der Waals surface area contributed by atoms with Gasteiger partial charge in [-0.2, -0.15) is 4.99 Å². The van der Waals surface area contributed by atoms with E-state index in [1.807, 2.05) is 0 Å². The molecular weight excluding hydrogens is 443 g/mol. The number of nitrogens with one attached hydrogen (secondary N) is 1. The quantitative estimate of drug-likeness (QED) is 0.688. The fraction of sp³-hybridized carbons (Fsp3) is 0.381. The summed E-state index contributed by atoms with van der Waals surface area (Å²) >= 11 is 13.6. The number of aliphatic imine (C=N–C) groups is 1. The molecule has 0 saturated heterocycles. The highest BCUT2D eigenvalue weighted by Crippen LogP contribution is 2.42. The number of methoxy groups -OCH3 is 1. The molecule has 4 bridgehead atoms. The van der Waals surface area contributed by atoms with Crippen LogP contribution in [0.4, 0.5) is 5.82 Å². The van der Waals surface area contributed by atoms with E-state index < -0.39 is 17.1 Å². The molecule has 162 valence electrons. The van der Waals surface area contributed by atoms with Gasteiger partial charge in [0.2, 0.25) is 0 Å². The summed E-state index contributed by atoms with van der Waals surface area (Å²) in [5.41, 5.74) is 0.140. The van der Waals surface area contributed by atoms with Crippen molar-refractivity contribution in [1.82, 2.24) is 10.3 Å². The van der Waals surface area contributed by atoms with Crippen molar-refractivity contribution in [2.24, 2.45) is 10.9 Å². The molecule has 1 aromatic rings. The number of ether oxygens (including phenoxy) is 3. The number of pyridine rings is 1. The maximum atomic E-state index is 13.3. The first-order valence-electron chi connectivity index (χ1n) is 9.91. The van der Waals surface area contributed by atoms with Gasteiger partial charge in [-0.25, -0.2) is 4.98 Å². The highest BCUT2D eigenvalue weighted by Gasteiger charge is 2.50. The van der Waals surface area contributed by atoms with E-state index in [0.29, 0.717) is 35.7 Å². The molecule has 0 spiro atoms. The molecule has 2 unspecified atom stereocenters. The summed E-state index contributed by atoms with van der Waals surface area (Å²) < 4.78 is 17.6. The predicted molar refractivity (Wildman–Crippen MR) is 116 cm³/mol. The number of anilines is 1. The molecular formula is C21H20Cl2N4O4. The Hall–Kier alpha value is -2.39. The van der Waals surface area contributed by atoms with E-state index in [-0.39, 0.29) is 17.3 Å². The highest BCUT2D eigenvalue weighted by molar-refractivity contribution is 6.35. The number of carbonyl (C=O) groups is 1. The van der Waals surface area contributed by atoms with Crippen molar-refractivity contribution in [3.63, 3.8) is 0 Å². The average Bonchev–Trinajstić information content (AvgIpc) is 3.57. The second-order valence-electron chi connectivity index (χ2n) is 7.71. The van der Waals surface area contributed by atoms with Crippen LogP contribution >= 0.6 is 23.2 Å². The molecule has 4 aliphatic rings. The minimum Gasteiger partial charge on any atom is -0.457 e. The Morgan fingerprint density at radius 1 is 1.42 bits per heavy atom. The van der Waals surface area contributed by atoms with Crippen molar-refractivity contribution < 1.29 is 19.0 Å². The van der Waals surface area contributed by atoms with E-state index in [2.05, 4.69) is 15.3 Å². The van der Waals surface area contributed by atoms with Crippen molar-refractivity contribution in [1.29, 1.82) is 0 Å². The molecule has 5 rings (SSSR count). The Kier molecular flexibility index (Phi) is 5.26. The number of alkyl halides is 1. The average molecular weight is 463 g/mol. The molecule has 1 amide bonds. The van der Waals surface area contributed by atoms with Gasteiger partial charge in [-0.3, -0.25) is 4.79 Å². The van der Waals surface area contributed by atoms with Crippen LogP contribution in [0.2, 0.25) is 0 Å². The minimum absolute atomic E-state index is 0.0744. The van der Waals surface area contributed by atoms with Crippen molar-refractivity contribution in [2.45, 2.75) is 24.0 Å². The van der Waals surface area contributed by atoms with Crippen LogP contribution in [-0.4, -0.2) is 48.2 Å². The second kappa shape index (κ2) is 7.94. The Morgan fingerprint density at radius 3 is 3.03 bits per heavy atom. The van der Waals surface area contributed by atoms with Gasteiger partial charge in [0, 0.05) is 31.6 Å². The van der Waals surface area contributed by atoms with Crippen LogP contribution in [0.1, 0.15) is 12.8 Å². The lowest BCUT2D eigenvalue weighted by Crippen LogP contribution is -2.55. The fourth-order valence-electron chi connectivity index (χ4n) is 3.59. The van der Waals surface area contributed by atoms with E-state index >= 15 is 0 Å². The molecule has 4 heterocycles. The summed E-state index contributed by atoms with van der Waals surface area (Å²) in [5, 5.41) is 1.74. The third-order valence-electron chi connectivity index (χ3n) is 5.44. The number of halogens is 2. The van der Waals surface area contributed by atoms with E-state index in [0.717, 1.165) is 12.8 Å². The highest BCUT2D eigenvalue weighted by atomic mass is 35.5. The number of amidine groups is 1. The minimum atomic E-state index is -1.32. The van der Waals surface area contributed by atoms with Crippen molar-refractivity contribution in [2.75, 3.05) is 25.2 Å². The van der Waals surface area contributed by atoms with E-state index in [9.17, 15) is 4.79 Å². The number of rotatable bonds is 4. The largest absolute Gasteiger partial charge is 0.457 e. The first kappa shape index (κ1) is 20.5. The van der Waals surface area contributed by atoms with E-state index in [4.69, 9.17) is 37.4 Å². The van der Waals surface area contributed by atoms with Gasteiger partial charge >= 0.3 is 0 Å². The summed E-state index contributed by atoms with van der Waals surface area (Å²) in [7, 11) is 1.49. The number of hydrogen-bond acceptors (Lipinski definition) is 7. The van der Waals surface area contributed by atoms with Crippen LogP contribution in [0.25, 0.3) is 0 Å². The SMILES string of the molecule is COC1(Cl)CN2C(=C(Cl)C1OCC1CC1)C(=O)N=C1C=C(C=CN1)Oc1ccnc2c1. The molecule has 2 atom stereocenters. The molecule has 1 aliphatic carbocycles. The summed E-state index contributed by atoms with van der Waals surface area (Å²) in [6.45, 7) is 0.569. The number of allylic oxidation sites excluding steroid dienone is 1. The molecule has 8 nitrogen and oxygen atoms in total. The van der Waals surface area contributed by atoms with Crippen molar-refractivity contribution in [3.05, 3.63) is 53.2 Å². The lowest BCUT2D eigenvalue weighted by atomic mass is 10.0. The molecule has 10 heteroatoms. The molecule has 31 heavy (non-hydrogen) atoms. The van der Waals surface area contributed by atoms with Crippen LogP contribution in [0, 0.1) is 5.92 Å². The topological polar surface area (TPSA) is 85.3 Å².